The lowest BCUT2D eigenvalue weighted by molar-refractivity contribution is 0.122. The van der Waals surface area contributed by atoms with Crippen LogP contribution in [-0.2, 0) is 4.74 Å². The van der Waals surface area contributed by atoms with E-state index in [9.17, 15) is 9.65 Å². The Balaban J connectivity index is 1.50. The third-order valence-corrected chi connectivity index (χ3v) is 7.29. The summed E-state index contributed by atoms with van der Waals surface area (Å²) in [5.74, 6) is 0.842. The molecule has 5 rings (SSSR count). The van der Waals surface area contributed by atoms with E-state index in [0.29, 0.717) is 76.4 Å². The molecule has 0 aliphatic carbocycles. The van der Waals surface area contributed by atoms with Crippen LogP contribution in [0.3, 0.4) is 0 Å². The van der Waals surface area contributed by atoms with Crippen LogP contribution in [-0.4, -0.2) is 65.2 Å². The number of aromatic nitrogens is 4. The summed E-state index contributed by atoms with van der Waals surface area (Å²) in [4.78, 5) is 27.9. The number of hydrogen-bond acceptors (Lipinski definition) is 10. The molecule has 0 unspecified atom stereocenters. The van der Waals surface area contributed by atoms with Crippen molar-refractivity contribution in [2.45, 2.75) is 13.8 Å². The van der Waals surface area contributed by atoms with Gasteiger partial charge in [-0.3, -0.25) is 4.99 Å². The van der Waals surface area contributed by atoms with E-state index in [1.54, 1.807) is 30.6 Å². The molecule has 1 fully saturated rings. The van der Waals surface area contributed by atoms with Gasteiger partial charge in [0.1, 0.15) is 28.2 Å². The molecule has 4 aromatic rings. The van der Waals surface area contributed by atoms with Crippen LogP contribution >= 0.6 is 11.3 Å². The van der Waals surface area contributed by atoms with E-state index in [1.807, 2.05) is 24.8 Å². The number of nitrogens with zero attached hydrogens (tertiary/aromatic N) is 8. The van der Waals surface area contributed by atoms with E-state index in [4.69, 9.17) is 25.4 Å². The quantitative estimate of drug-likeness (QED) is 0.260. The Morgan fingerprint density at radius 3 is 2.48 bits per heavy atom. The fourth-order valence-electron chi connectivity index (χ4n) is 4.31. The standard InChI is InChI=1S/C28H28FN9OS/c1-3-32-26(38(4-2)28-36-24(23(15-30)40-28)18-5-7-20(29)8-6-18)25-21(31)9-10-22(35-25)19-16-33-27(34-17-19)37-11-13-39-14-12-37/h5-10,16-17H,3-4,11-14,31H2,1-2H3. The van der Waals surface area contributed by atoms with Crippen LogP contribution in [0.2, 0.25) is 0 Å². The highest BCUT2D eigenvalue weighted by Gasteiger charge is 2.24. The highest BCUT2D eigenvalue weighted by molar-refractivity contribution is 7.16. The van der Waals surface area contributed by atoms with Gasteiger partial charge in [-0.2, -0.15) is 5.26 Å². The number of nitrogens with two attached hydrogens (primary N) is 1. The lowest BCUT2D eigenvalue weighted by Crippen LogP contribution is -2.37. The average Bonchev–Trinajstić information content (AvgIpc) is 3.42. The summed E-state index contributed by atoms with van der Waals surface area (Å²) in [7, 11) is 0. The molecule has 4 heterocycles. The fourth-order valence-corrected chi connectivity index (χ4v) is 5.26. The van der Waals surface area contributed by atoms with Crippen LogP contribution < -0.4 is 15.5 Å². The molecule has 0 spiro atoms. The molecule has 0 amide bonds. The minimum Gasteiger partial charge on any atom is -0.397 e. The minimum absolute atomic E-state index is 0.354. The highest BCUT2D eigenvalue weighted by Crippen LogP contribution is 2.34. The SMILES string of the molecule is CCN=C(c1nc(-c2cnc(N3CCOCC3)nc2)ccc1N)N(CC)c1nc(-c2ccc(F)cc2)c(C#N)s1. The summed E-state index contributed by atoms with van der Waals surface area (Å²) in [5.41, 5.74) is 9.93. The van der Waals surface area contributed by atoms with Crippen molar-refractivity contribution in [3.05, 3.63) is 65.2 Å². The first kappa shape index (κ1) is 27.1. The van der Waals surface area contributed by atoms with Crippen molar-refractivity contribution >= 4 is 33.9 Å². The minimum atomic E-state index is -0.354. The van der Waals surface area contributed by atoms with Gasteiger partial charge in [0.2, 0.25) is 5.95 Å². The molecule has 1 aromatic carbocycles. The maximum atomic E-state index is 13.5. The highest BCUT2D eigenvalue weighted by atomic mass is 32.1. The van der Waals surface area contributed by atoms with Gasteiger partial charge in [-0.15, -0.1) is 0 Å². The number of pyridine rings is 1. The number of hydrogen-bond donors (Lipinski definition) is 1. The molecule has 12 heteroatoms. The number of rotatable bonds is 7. The number of aliphatic imine (C=N–C) groups is 1. The Morgan fingerprint density at radius 1 is 1.10 bits per heavy atom. The number of nitrogen functional groups attached to an aromatic ring is 1. The Morgan fingerprint density at radius 2 is 1.82 bits per heavy atom. The summed E-state index contributed by atoms with van der Waals surface area (Å²) < 4.78 is 18.9. The number of anilines is 3. The molecular formula is C28H28FN9OS. The molecular weight excluding hydrogens is 529 g/mol. The van der Waals surface area contributed by atoms with Gasteiger partial charge in [-0.1, -0.05) is 11.3 Å². The van der Waals surface area contributed by atoms with Gasteiger partial charge < -0.3 is 20.3 Å². The third-order valence-electron chi connectivity index (χ3n) is 6.31. The second kappa shape index (κ2) is 12.1. The summed E-state index contributed by atoms with van der Waals surface area (Å²) in [6, 6.07) is 11.8. The van der Waals surface area contributed by atoms with Crippen LogP contribution in [0.4, 0.5) is 21.2 Å². The number of halogens is 1. The molecule has 2 N–H and O–H groups in total. The molecule has 0 saturated carbocycles. The Bertz CT molecular complexity index is 1540. The van der Waals surface area contributed by atoms with E-state index >= 15 is 0 Å². The predicted octanol–water partition coefficient (Wildman–Crippen LogP) is 4.38. The van der Waals surface area contributed by atoms with Gasteiger partial charge in [0.25, 0.3) is 0 Å². The molecule has 3 aromatic heterocycles. The molecule has 1 aliphatic heterocycles. The summed E-state index contributed by atoms with van der Waals surface area (Å²) in [6.45, 7) is 7.69. The van der Waals surface area contributed by atoms with Gasteiger partial charge in [0, 0.05) is 49.7 Å². The molecule has 0 atom stereocenters. The predicted molar refractivity (Wildman–Crippen MR) is 155 cm³/mol. The molecule has 1 aliphatic rings. The van der Waals surface area contributed by atoms with Crippen LogP contribution in [0.15, 0.2) is 53.8 Å². The molecule has 1 saturated heterocycles. The molecule has 40 heavy (non-hydrogen) atoms. The van der Waals surface area contributed by atoms with Gasteiger partial charge in [-0.25, -0.2) is 24.3 Å². The van der Waals surface area contributed by atoms with Crippen LogP contribution in [0.5, 0.6) is 0 Å². The average molecular weight is 558 g/mol. The molecule has 204 valence electrons. The van der Waals surface area contributed by atoms with Crippen molar-refractivity contribution < 1.29 is 9.13 Å². The number of nitriles is 1. The summed E-state index contributed by atoms with van der Waals surface area (Å²) in [5, 5.41) is 10.4. The molecule has 0 bridgehead atoms. The van der Waals surface area contributed by atoms with Gasteiger partial charge in [0.05, 0.1) is 24.6 Å². The lowest BCUT2D eigenvalue weighted by atomic mass is 10.1. The third kappa shape index (κ3) is 5.61. The summed E-state index contributed by atoms with van der Waals surface area (Å²) in [6.07, 6.45) is 3.51. The Kier molecular flexibility index (Phi) is 8.23. The van der Waals surface area contributed by atoms with Crippen LogP contribution in [0.25, 0.3) is 22.5 Å². The number of amidine groups is 1. The zero-order valence-corrected chi connectivity index (χ0v) is 23.0. The Hall–Kier alpha value is -4.47. The zero-order chi connectivity index (χ0) is 28.1. The van der Waals surface area contributed by atoms with E-state index < -0.39 is 0 Å². The number of ether oxygens (including phenoxy) is 1. The van der Waals surface area contributed by atoms with E-state index in [1.165, 1.54) is 23.5 Å². The largest absolute Gasteiger partial charge is 0.397 e. The normalized spacial score (nSPS) is 13.8. The first-order valence-electron chi connectivity index (χ1n) is 12.9. The maximum absolute atomic E-state index is 13.5. The Labute approximate surface area is 235 Å². The number of morpholine rings is 1. The van der Waals surface area contributed by atoms with E-state index in [0.717, 1.165) is 18.7 Å². The fraction of sp³-hybridized carbons (Fsp3) is 0.286. The topological polar surface area (TPSA) is 129 Å². The van der Waals surface area contributed by atoms with Gasteiger partial charge in [-0.05, 0) is 50.2 Å². The lowest BCUT2D eigenvalue weighted by Gasteiger charge is -2.26. The van der Waals surface area contributed by atoms with Crippen molar-refractivity contribution in [3.63, 3.8) is 0 Å². The van der Waals surface area contributed by atoms with Gasteiger partial charge >= 0.3 is 0 Å². The second-order valence-corrected chi connectivity index (χ2v) is 9.82. The van der Waals surface area contributed by atoms with Crippen molar-refractivity contribution in [3.8, 4) is 28.6 Å². The van der Waals surface area contributed by atoms with Crippen LogP contribution in [0.1, 0.15) is 24.4 Å². The first-order chi connectivity index (χ1) is 19.5. The molecule has 10 nitrogen and oxygen atoms in total. The van der Waals surface area contributed by atoms with E-state index in [-0.39, 0.29) is 5.82 Å². The van der Waals surface area contributed by atoms with Crippen LogP contribution in [0, 0.1) is 17.1 Å². The zero-order valence-electron chi connectivity index (χ0n) is 22.2. The monoisotopic (exact) mass is 557 g/mol. The van der Waals surface area contributed by atoms with E-state index in [2.05, 4.69) is 20.9 Å². The summed E-state index contributed by atoms with van der Waals surface area (Å²) >= 11 is 1.24. The number of benzene rings is 1. The number of thiazole rings is 1. The molecule has 0 radical (unpaired) electrons. The van der Waals surface area contributed by atoms with Gasteiger partial charge in [0.15, 0.2) is 11.0 Å². The van der Waals surface area contributed by atoms with Crippen molar-refractivity contribution in [1.82, 2.24) is 19.9 Å². The van der Waals surface area contributed by atoms with Crippen molar-refractivity contribution in [2.75, 3.05) is 54.9 Å². The first-order valence-corrected chi connectivity index (χ1v) is 13.7. The van der Waals surface area contributed by atoms with Crippen molar-refractivity contribution in [2.24, 2.45) is 4.99 Å². The maximum Gasteiger partial charge on any atom is 0.225 e. The second-order valence-electron chi connectivity index (χ2n) is 8.84. The smallest absolute Gasteiger partial charge is 0.225 e. The van der Waals surface area contributed by atoms with Crippen molar-refractivity contribution in [1.29, 1.82) is 5.26 Å².